The summed E-state index contributed by atoms with van der Waals surface area (Å²) in [6, 6.07) is 3.09. The van der Waals surface area contributed by atoms with Crippen molar-refractivity contribution in [3.05, 3.63) is 34.1 Å². The Balaban J connectivity index is 2.60. The molecule has 1 aromatic rings. The van der Waals surface area contributed by atoms with Crippen LogP contribution in [-0.2, 0) is 0 Å². The third-order valence-electron chi connectivity index (χ3n) is 3.05. The second-order valence-electron chi connectivity index (χ2n) is 5.12. The van der Waals surface area contributed by atoms with Crippen LogP contribution in [0.2, 0.25) is 0 Å². The lowest BCUT2D eigenvalue weighted by atomic mass is 9.87. The van der Waals surface area contributed by atoms with Gasteiger partial charge in [0.25, 0.3) is 0 Å². The maximum Gasteiger partial charge on any atom is 0.311 e. The van der Waals surface area contributed by atoms with Gasteiger partial charge in [0.1, 0.15) is 5.82 Å². The van der Waals surface area contributed by atoms with Crippen molar-refractivity contribution in [3.8, 4) is 5.75 Å². The minimum atomic E-state index is -0.617. The number of nitrogens with one attached hydrogen (secondary N) is 1. The lowest BCUT2D eigenvalue weighted by molar-refractivity contribution is -0.385. The quantitative estimate of drug-likeness (QED) is 0.264. The summed E-state index contributed by atoms with van der Waals surface area (Å²) in [6.45, 7) is 3.86. The molecule has 0 radical (unpaired) electrons. The summed E-state index contributed by atoms with van der Waals surface area (Å²) in [4.78, 5) is 10.2. The first-order valence-electron chi connectivity index (χ1n) is 6.15. The van der Waals surface area contributed by atoms with Gasteiger partial charge in [0.15, 0.2) is 5.75 Å². The molecule has 3 N–H and O–H groups in total. The highest BCUT2D eigenvalue weighted by atomic mass is 19.1. The van der Waals surface area contributed by atoms with Gasteiger partial charge in [0, 0.05) is 17.5 Å². The molecule has 0 unspecified atom stereocenters. The molecule has 1 aromatic carbocycles. The number of hydrogen-bond donors (Lipinski definition) is 2. The molecule has 0 saturated heterocycles. The Labute approximate surface area is 116 Å². The van der Waals surface area contributed by atoms with Gasteiger partial charge in [-0.25, -0.2) is 4.39 Å². The van der Waals surface area contributed by atoms with Crippen LogP contribution >= 0.6 is 0 Å². The molecule has 0 amide bonds. The van der Waals surface area contributed by atoms with Crippen molar-refractivity contribution in [1.29, 1.82) is 5.41 Å². The van der Waals surface area contributed by atoms with E-state index in [0.29, 0.717) is 12.8 Å². The number of rotatable bonds is 7. The van der Waals surface area contributed by atoms with Crippen LogP contribution in [0.1, 0.15) is 26.7 Å². The fraction of sp³-hybridized carbons (Fsp3) is 0.462. The van der Waals surface area contributed by atoms with E-state index in [-0.39, 0.29) is 23.9 Å². The second kappa shape index (κ2) is 6.31. The minimum Gasteiger partial charge on any atom is -0.487 e. The van der Waals surface area contributed by atoms with E-state index in [2.05, 4.69) is 0 Å². The normalized spacial score (nSPS) is 11.2. The number of hydrogen-bond acceptors (Lipinski definition) is 4. The molecular weight excluding hydrogens is 265 g/mol. The lowest BCUT2D eigenvalue weighted by Gasteiger charge is -2.22. The van der Waals surface area contributed by atoms with E-state index in [1.54, 1.807) is 0 Å². The van der Waals surface area contributed by atoms with Gasteiger partial charge in [-0.1, -0.05) is 13.8 Å². The fourth-order valence-electron chi connectivity index (χ4n) is 1.59. The largest absolute Gasteiger partial charge is 0.487 e. The van der Waals surface area contributed by atoms with Crippen LogP contribution in [0.4, 0.5) is 10.1 Å². The number of nitrogens with zero attached hydrogens (tertiary/aromatic N) is 1. The molecule has 0 atom stereocenters. The number of nitro benzene ring substituents is 1. The summed E-state index contributed by atoms with van der Waals surface area (Å²) in [5.41, 5.74) is 4.74. The van der Waals surface area contributed by atoms with Gasteiger partial charge in [0.05, 0.1) is 17.4 Å². The summed E-state index contributed by atoms with van der Waals surface area (Å²) in [5.74, 6) is -0.598. The number of nitro groups is 1. The van der Waals surface area contributed by atoms with Crippen molar-refractivity contribution in [2.75, 3.05) is 6.61 Å². The number of ether oxygens (including phenoxy) is 1. The van der Waals surface area contributed by atoms with E-state index in [0.717, 1.165) is 18.2 Å². The van der Waals surface area contributed by atoms with Gasteiger partial charge in [-0.15, -0.1) is 0 Å². The van der Waals surface area contributed by atoms with E-state index in [4.69, 9.17) is 15.9 Å². The Morgan fingerprint density at radius 2 is 2.20 bits per heavy atom. The van der Waals surface area contributed by atoms with Gasteiger partial charge >= 0.3 is 5.69 Å². The Morgan fingerprint density at radius 1 is 1.55 bits per heavy atom. The van der Waals surface area contributed by atoms with Crippen molar-refractivity contribution in [2.45, 2.75) is 26.7 Å². The highest BCUT2D eigenvalue weighted by molar-refractivity contribution is 5.82. The highest BCUT2D eigenvalue weighted by Crippen LogP contribution is 2.28. The average Bonchev–Trinajstić information content (AvgIpc) is 2.34. The third kappa shape index (κ3) is 4.18. The molecule has 0 bridgehead atoms. The monoisotopic (exact) mass is 283 g/mol. The van der Waals surface area contributed by atoms with Crippen LogP contribution in [0.15, 0.2) is 18.2 Å². The molecule has 0 aliphatic rings. The Morgan fingerprint density at radius 3 is 2.75 bits per heavy atom. The average molecular weight is 283 g/mol. The molecule has 1 rings (SSSR count). The maximum atomic E-state index is 13.1. The molecule has 0 aliphatic heterocycles. The van der Waals surface area contributed by atoms with Crippen LogP contribution in [0.5, 0.6) is 5.75 Å². The fourth-order valence-corrected chi connectivity index (χ4v) is 1.59. The van der Waals surface area contributed by atoms with E-state index in [9.17, 15) is 14.5 Å². The molecule has 20 heavy (non-hydrogen) atoms. The van der Waals surface area contributed by atoms with Crippen LogP contribution in [0, 0.1) is 26.8 Å². The summed E-state index contributed by atoms with van der Waals surface area (Å²) in [7, 11) is 0. The van der Waals surface area contributed by atoms with Crippen LogP contribution in [0.3, 0.4) is 0 Å². The van der Waals surface area contributed by atoms with Crippen molar-refractivity contribution < 1.29 is 14.1 Å². The van der Waals surface area contributed by atoms with Crippen molar-refractivity contribution >= 4 is 11.5 Å². The van der Waals surface area contributed by atoms with Gasteiger partial charge in [-0.05, 0) is 18.9 Å². The third-order valence-corrected chi connectivity index (χ3v) is 3.05. The molecule has 0 saturated carbocycles. The Kier molecular flexibility index (Phi) is 5.01. The number of nitrogens with two attached hydrogens (primary N) is 1. The van der Waals surface area contributed by atoms with Crippen molar-refractivity contribution in [2.24, 2.45) is 11.1 Å². The minimum absolute atomic E-state index is 0.0780. The highest BCUT2D eigenvalue weighted by Gasteiger charge is 2.21. The first-order chi connectivity index (χ1) is 9.24. The predicted molar refractivity (Wildman–Crippen MR) is 73.5 cm³/mol. The SMILES string of the molecule is CC(C)(CCCOc1cc(F)ccc1[N+](=O)[O-])C(=N)N. The topological polar surface area (TPSA) is 102 Å². The first kappa shape index (κ1) is 15.9. The smallest absolute Gasteiger partial charge is 0.311 e. The predicted octanol–water partition coefficient (Wildman–Crippen LogP) is 2.86. The molecule has 0 aromatic heterocycles. The van der Waals surface area contributed by atoms with E-state index < -0.39 is 16.2 Å². The van der Waals surface area contributed by atoms with Crippen LogP contribution < -0.4 is 10.5 Å². The number of benzene rings is 1. The number of halogens is 1. The molecule has 0 fully saturated rings. The zero-order valence-electron chi connectivity index (χ0n) is 11.5. The first-order valence-corrected chi connectivity index (χ1v) is 6.15. The van der Waals surface area contributed by atoms with Gasteiger partial charge in [-0.2, -0.15) is 0 Å². The summed E-state index contributed by atoms with van der Waals surface area (Å²) >= 11 is 0. The Hall–Kier alpha value is -2.18. The summed E-state index contributed by atoms with van der Waals surface area (Å²) in [5, 5.41) is 18.2. The van der Waals surface area contributed by atoms with E-state index in [1.165, 1.54) is 0 Å². The Bertz CT molecular complexity index is 518. The molecule has 6 nitrogen and oxygen atoms in total. The van der Waals surface area contributed by atoms with Crippen molar-refractivity contribution in [3.63, 3.8) is 0 Å². The van der Waals surface area contributed by atoms with Crippen molar-refractivity contribution in [1.82, 2.24) is 0 Å². The molecule has 0 heterocycles. The van der Waals surface area contributed by atoms with Crippen LogP contribution in [0.25, 0.3) is 0 Å². The second-order valence-corrected chi connectivity index (χ2v) is 5.12. The lowest BCUT2D eigenvalue weighted by Crippen LogP contribution is -2.31. The zero-order valence-corrected chi connectivity index (χ0v) is 11.5. The summed E-state index contributed by atoms with van der Waals surface area (Å²) in [6.07, 6.45) is 1.16. The van der Waals surface area contributed by atoms with E-state index >= 15 is 0 Å². The maximum absolute atomic E-state index is 13.1. The van der Waals surface area contributed by atoms with Gasteiger partial charge in [0.2, 0.25) is 0 Å². The van der Waals surface area contributed by atoms with Gasteiger partial charge in [-0.3, -0.25) is 15.5 Å². The molecular formula is C13H18FN3O3. The summed E-state index contributed by atoms with van der Waals surface area (Å²) < 4.78 is 18.3. The molecule has 0 spiro atoms. The van der Waals surface area contributed by atoms with E-state index in [1.807, 2.05) is 13.8 Å². The number of amidine groups is 1. The van der Waals surface area contributed by atoms with Gasteiger partial charge < -0.3 is 10.5 Å². The zero-order chi connectivity index (χ0) is 15.3. The molecule has 110 valence electrons. The molecule has 0 aliphatic carbocycles. The molecule has 7 heteroatoms. The standard InChI is InChI=1S/C13H18FN3O3/c1-13(2,12(15)16)6-3-7-20-11-8-9(14)4-5-10(11)17(18)19/h4-5,8H,3,6-7H2,1-2H3,(H3,15,16). The van der Waals surface area contributed by atoms with Crippen LogP contribution in [-0.4, -0.2) is 17.4 Å².